The second-order valence-electron chi connectivity index (χ2n) is 4.69. The Bertz CT molecular complexity index is 350. The van der Waals surface area contributed by atoms with E-state index in [1.807, 2.05) is 12.1 Å². The number of nitrogens with one attached hydrogen (secondary N) is 1. The number of nitrogens with zero attached hydrogens (tertiary/aromatic N) is 1. The van der Waals surface area contributed by atoms with Crippen molar-refractivity contribution in [3.63, 3.8) is 0 Å². The molecular weight excluding hydrogens is 244 g/mol. The molecule has 0 radical (unpaired) electrons. The number of ether oxygens (including phenoxy) is 3. The summed E-state index contributed by atoms with van der Waals surface area (Å²) in [6.07, 6.45) is 4.20. The second kappa shape index (κ2) is 7.96. The van der Waals surface area contributed by atoms with Gasteiger partial charge in [0.2, 0.25) is 5.88 Å². The molecule has 1 unspecified atom stereocenters. The zero-order valence-electron chi connectivity index (χ0n) is 11.4. The number of aromatic nitrogens is 1. The van der Waals surface area contributed by atoms with Crippen molar-refractivity contribution in [3.8, 4) is 5.88 Å². The quantitative estimate of drug-likeness (QED) is 0.764. The van der Waals surface area contributed by atoms with Gasteiger partial charge >= 0.3 is 0 Å². The molecule has 1 atom stereocenters. The average Bonchev–Trinajstić information content (AvgIpc) is 2.48. The zero-order chi connectivity index (χ0) is 13.3. The third kappa shape index (κ3) is 5.04. The van der Waals surface area contributed by atoms with E-state index >= 15 is 0 Å². The van der Waals surface area contributed by atoms with Gasteiger partial charge in [0.05, 0.1) is 25.1 Å². The van der Waals surface area contributed by atoms with Gasteiger partial charge in [-0.2, -0.15) is 0 Å². The van der Waals surface area contributed by atoms with Gasteiger partial charge in [-0.1, -0.05) is 0 Å². The van der Waals surface area contributed by atoms with Crippen LogP contribution in [-0.2, 0) is 9.47 Å². The SMILES string of the molecule is COCCOc1ccc(NCC2CCCOC2)cn1. The largest absolute Gasteiger partial charge is 0.475 e. The lowest BCUT2D eigenvalue weighted by Crippen LogP contribution is -2.24. The lowest BCUT2D eigenvalue weighted by molar-refractivity contribution is 0.0595. The summed E-state index contributed by atoms with van der Waals surface area (Å²) in [6.45, 7) is 3.80. The smallest absolute Gasteiger partial charge is 0.213 e. The van der Waals surface area contributed by atoms with E-state index in [1.165, 1.54) is 6.42 Å². The molecule has 106 valence electrons. The third-order valence-corrected chi connectivity index (χ3v) is 3.12. The lowest BCUT2D eigenvalue weighted by Gasteiger charge is -2.22. The average molecular weight is 266 g/mol. The van der Waals surface area contributed by atoms with Gasteiger partial charge in [0.1, 0.15) is 6.61 Å². The maximum absolute atomic E-state index is 5.46. The molecule has 0 bridgehead atoms. The number of hydrogen-bond donors (Lipinski definition) is 1. The fraction of sp³-hybridized carbons (Fsp3) is 0.643. The van der Waals surface area contributed by atoms with Crippen molar-refractivity contribution in [1.29, 1.82) is 0 Å². The Balaban J connectivity index is 1.71. The molecule has 2 rings (SSSR count). The third-order valence-electron chi connectivity index (χ3n) is 3.12. The van der Waals surface area contributed by atoms with Crippen LogP contribution in [-0.4, -0.2) is 45.1 Å². The maximum Gasteiger partial charge on any atom is 0.213 e. The summed E-state index contributed by atoms with van der Waals surface area (Å²) < 4.78 is 15.8. The highest BCUT2D eigenvalue weighted by molar-refractivity contribution is 5.41. The van der Waals surface area contributed by atoms with Crippen LogP contribution in [0.15, 0.2) is 18.3 Å². The molecule has 1 aromatic heterocycles. The molecule has 0 amide bonds. The molecule has 1 aliphatic heterocycles. The Morgan fingerprint density at radius 1 is 1.42 bits per heavy atom. The zero-order valence-corrected chi connectivity index (χ0v) is 11.4. The summed E-state index contributed by atoms with van der Waals surface area (Å²) in [7, 11) is 1.65. The summed E-state index contributed by atoms with van der Waals surface area (Å²) in [4.78, 5) is 4.24. The molecule has 0 aliphatic carbocycles. The molecule has 1 aliphatic rings. The van der Waals surface area contributed by atoms with Crippen LogP contribution < -0.4 is 10.1 Å². The van der Waals surface area contributed by atoms with Crippen LogP contribution in [0.2, 0.25) is 0 Å². The number of methoxy groups -OCH3 is 1. The molecular formula is C14H22N2O3. The first-order valence-electron chi connectivity index (χ1n) is 6.78. The Morgan fingerprint density at radius 3 is 3.05 bits per heavy atom. The molecule has 1 N–H and O–H groups in total. The van der Waals surface area contributed by atoms with Gasteiger partial charge in [-0.3, -0.25) is 0 Å². The van der Waals surface area contributed by atoms with Crippen molar-refractivity contribution in [2.75, 3.05) is 45.4 Å². The van der Waals surface area contributed by atoms with Crippen LogP contribution >= 0.6 is 0 Å². The first kappa shape index (κ1) is 14.1. The van der Waals surface area contributed by atoms with E-state index in [4.69, 9.17) is 14.2 Å². The van der Waals surface area contributed by atoms with Crippen LogP contribution in [0, 0.1) is 5.92 Å². The predicted molar refractivity (Wildman–Crippen MR) is 73.6 cm³/mol. The highest BCUT2D eigenvalue weighted by Gasteiger charge is 2.13. The van der Waals surface area contributed by atoms with Gasteiger partial charge in [0, 0.05) is 26.3 Å². The molecule has 0 spiro atoms. The molecule has 2 heterocycles. The highest BCUT2D eigenvalue weighted by atomic mass is 16.5. The van der Waals surface area contributed by atoms with Gasteiger partial charge < -0.3 is 19.5 Å². The Morgan fingerprint density at radius 2 is 2.37 bits per heavy atom. The molecule has 5 heteroatoms. The number of hydrogen-bond acceptors (Lipinski definition) is 5. The van der Waals surface area contributed by atoms with E-state index in [9.17, 15) is 0 Å². The predicted octanol–water partition coefficient (Wildman–Crippen LogP) is 1.95. The van der Waals surface area contributed by atoms with Gasteiger partial charge in [-0.15, -0.1) is 0 Å². The molecule has 0 aromatic carbocycles. The molecule has 1 fully saturated rings. The monoisotopic (exact) mass is 266 g/mol. The minimum atomic E-state index is 0.524. The van der Waals surface area contributed by atoms with Crippen LogP contribution in [0.5, 0.6) is 5.88 Å². The van der Waals surface area contributed by atoms with Crippen molar-refractivity contribution in [1.82, 2.24) is 4.98 Å². The van der Waals surface area contributed by atoms with Crippen molar-refractivity contribution < 1.29 is 14.2 Å². The number of pyridine rings is 1. The van der Waals surface area contributed by atoms with Crippen LogP contribution in [0.1, 0.15) is 12.8 Å². The topological polar surface area (TPSA) is 52.6 Å². The minimum absolute atomic E-state index is 0.524. The van der Waals surface area contributed by atoms with Gasteiger partial charge in [0.25, 0.3) is 0 Å². The van der Waals surface area contributed by atoms with Crippen molar-refractivity contribution in [3.05, 3.63) is 18.3 Å². The molecule has 0 saturated carbocycles. The molecule has 1 saturated heterocycles. The fourth-order valence-electron chi connectivity index (χ4n) is 2.03. The summed E-state index contributed by atoms with van der Waals surface area (Å²) in [5.74, 6) is 1.23. The summed E-state index contributed by atoms with van der Waals surface area (Å²) >= 11 is 0. The number of rotatable bonds is 7. The van der Waals surface area contributed by atoms with Crippen LogP contribution in [0.25, 0.3) is 0 Å². The van der Waals surface area contributed by atoms with Crippen molar-refractivity contribution in [2.24, 2.45) is 5.92 Å². The van der Waals surface area contributed by atoms with E-state index in [0.29, 0.717) is 25.0 Å². The Labute approximate surface area is 114 Å². The van der Waals surface area contributed by atoms with Crippen LogP contribution in [0.3, 0.4) is 0 Å². The summed E-state index contributed by atoms with van der Waals surface area (Å²) in [6, 6.07) is 3.86. The van der Waals surface area contributed by atoms with Crippen LogP contribution in [0.4, 0.5) is 5.69 Å². The Kier molecular flexibility index (Phi) is 5.91. The molecule has 1 aromatic rings. The Hall–Kier alpha value is -1.33. The fourth-order valence-corrected chi connectivity index (χ4v) is 2.03. The summed E-state index contributed by atoms with van der Waals surface area (Å²) in [5, 5.41) is 3.39. The minimum Gasteiger partial charge on any atom is -0.475 e. The van der Waals surface area contributed by atoms with E-state index in [2.05, 4.69) is 10.3 Å². The van der Waals surface area contributed by atoms with Crippen molar-refractivity contribution >= 4 is 5.69 Å². The summed E-state index contributed by atoms with van der Waals surface area (Å²) in [5.41, 5.74) is 1.02. The molecule has 5 nitrogen and oxygen atoms in total. The highest BCUT2D eigenvalue weighted by Crippen LogP contribution is 2.16. The second-order valence-corrected chi connectivity index (χ2v) is 4.69. The normalized spacial score (nSPS) is 19.1. The standard InChI is InChI=1S/C14H22N2O3/c1-17-7-8-19-14-5-4-13(10-16-14)15-9-12-3-2-6-18-11-12/h4-5,10,12,15H,2-3,6-9,11H2,1H3. The first-order valence-corrected chi connectivity index (χ1v) is 6.78. The number of anilines is 1. The van der Waals surface area contributed by atoms with Gasteiger partial charge in [0.15, 0.2) is 0 Å². The maximum atomic E-state index is 5.46. The van der Waals surface area contributed by atoms with E-state index in [0.717, 1.165) is 31.9 Å². The van der Waals surface area contributed by atoms with Gasteiger partial charge in [-0.05, 0) is 24.8 Å². The van der Waals surface area contributed by atoms with E-state index < -0.39 is 0 Å². The van der Waals surface area contributed by atoms with E-state index in [1.54, 1.807) is 13.3 Å². The molecule has 19 heavy (non-hydrogen) atoms. The first-order chi connectivity index (χ1) is 9.38. The lowest BCUT2D eigenvalue weighted by atomic mass is 10.0. The van der Waals surface area contributed by atoms with Crippen molar-refractivity contribution in [2.45, 2.75) is 12.8 Å². The van der Waals surface area contributed by atoms with Gasteiger partial charge in [-0.25, -0.2) is 4.98 Å². The van der Waals surface area contributed by atoms with E-state index in [-0.39, 0.29) is 0 Å².